The van der Waals surface area contributed by atoms with E-state index in [2.05, 4.69) is 4.99 Å². The molecule has 3 rings (SSSR count). The number of ketones is 1. The number of rotatable bonds is 5. The highest BCUT2D eigenvalue weighted by molar-refractivity contribution is 6.11. The van der Waals surface area contributed by atoms with Crippen LogP contribution >= 0.6 is 0 Å². The number of ether oxygens (including phenoxy) is 2. The zero-order valence-electron chi connectivity index (χ0n) is 15.9. The Hall–Kier alpha value is -2.63. The summed E-state index contributed by atoms with van der Waals surface area (Å²) < 4.78 is 10.8. The van der Waals surface area contributed by atoms with Gasteiger partial charge >= 0.3 is 5.97 Å². The monoisotopic (exact) mass is 371 g/mol. The standard InChI is InChI=1S/C21H25NO5/c1-4-26-17-11-13(9-10-15(17)23)19-18(21(25)27-5-2)12(3)22-14-7-6-8-16(24)20(14)19/h9-11,19-20,23H,4-8H2,1-3H3/t19-,20?/m0/s1. The number of allylic oxidation sites excluding steroid dienone is 1. The van der Waals surface area contributed by atoms with Crippen LogP contribution in [-0.4, -0.2) is 35.8 Å². The Morgan fingerprint density at radius 2 is 2.00 bits per heavy atom. The first-order valence-corrected chi connectivity index (χ1v) is 9.41. The minimum Gasteiger partial charge on any atom is -0.504 e. The van der Waals surface area contributed by atoms with E-state index in [4.69, 9.17) is 9.47 Å². The zero-order valence-corrected chi connectivity index (χ0v) is 15.9. The lowest BCUT2D eigenvalue weighted by molar-refractivity contribution is -0.139. The molecule has 6 nitrogen and oxygen atoms in total. The van der Waals surface area contributed by atoms with E-state index in [0.717, 1.165) is 24.1 Å². The van der Waals surface area contributed by atoms with Crippen molar-refractivity contribution in [3.63, 3.8) is 0 Å². The Balaban J connectivity index is 2.15. The molecule has 1 heterocycles. The van der Waals surface area contributed by atoms with Crippen LogP contribution in [0, 0.1) is 5.92 Å². The number of hydrogen-bond acceptors (Lipinski definition) is 6. The number of aromatic hydroxyl groups is 1. The molecule has 27 heavy (non-hydrogen) atoms. The van der Waals surface area contributed by atoms with Gasteiger partial charge in [0, 0.05) is 23.7 Å². The van der Waals surface area contributed by atoms with Gasteiger partial charge in [-0.3, -0.25) is 9.79 Å². The number of esters is 1. The van der Waals surface area contributed by atoms with Gasteiger partial charge in [0.05, 0.1) is 24.7 Å². The highest BCUT2D eigenvalue weighted by Crippen LogP contribution is 2.44. The van der Waals surface area contributed by atoms with Crippen LogP contribution in [0.2, 0.25) is 0 Å². The number of Topliss-reactive ketones (excluding diaryl/α,β-unsaturated/α-hetero) is 1. The maximum atomic E-state index is 12.8. The Kier molecular flexibility index (Phi) is 5.63. The van der Waals surface area contributed by atoms with Crippen molar-refractivity contribution in [3.8, 4) is 11.5 Å². The fraction of sp³-hybridized carbons (Fsp3) is 0.476. The molecule has 0 saturated heterocycles. The molecule has 0 radical (unpaired) electrons. The maximum absolute atomic E-state index is 12.8. The molecular formula is C21H25NO5. The molecule has 1 aromatic rings. The van der Waals surface area contributed by atoms with Crippen molar-refractivity contribution in [2.24, 2.45) is 10.9 Å². The van der Waals surface area contributed by atoms with Gasteiger partial charge in [-0.15, -0.1) is 0 Å². The van der Waals surface area contributed by atoms with E-state index in [1.807, 2.05) is 6.92 Å². The number of fused-ring (bicyclic) bond motifs is 1. The van der Waals surface area contributed by atoms with E-state index >= 15 is 0 Å². The Labute approximate surface area is 158 Å². The summed E-state index contributed by atoms with van der Waals surface area (Å²) in [5, 5.41) is 10.0. The number of carbonyl (C=O) groups is 2. The van der Waals surface area contributed by atoms with Crippen LogP contribution in [0.25, 0.3) is 0 Å². The first kappa shape index (κ1) is 19.1. The number of hydrogen-bond donors (Lipinski definition) is 1. The number of nitrogens with zero attached hydrogens (tertiary/aromatic N) is 1. The van der Waals surface area contributed by atoms with E-state index in [1.165, 1.54) is 6.07 Å². The van der Waals surface area contributed by atoms with Gasteiger partial charge in [0.25, 0.3) is 0 Å². The fourth-order valence-corrected chi connectivity index (χ4v) is 3.95. The summed E-state index contributed by atoms with van der Waals surface area (Å²) in [6.45, 7) is 6.01. The van der Waals surface area contributed by atoms with Crippen LogP contribution in [0.5, 0.6) is 11.5 Å². The van der Waals surface area contributed by atoms with Crippen LogP contribution in [0.1, 0.15) is 51.5 Å². The largest absolute Gasteiger partial charge is 0.504 e. The molecule has 2 atom stereocenters. The predicted octanol–water partition coefficient (Wildman–Crippen LogP) is 3.54. The van der Waals surface area contributed by atoms with Crippen molar-refractivity contribution >= 4 is 17.5 Å². The van der Waals surface area contributed by atoms with E-state index in [9.17, 15) is 14.7 Å². The lowest BCUT2D eigenvalue weighted by atomic mass is 9.69. The molecule has 0 spiro atoms. The van der Waals surface area contributed by atoms with Crippen LogP contribution in [0.4, 0.5) is 0 Å². The van der Waals surface area contributed by atoms with Crippen molar-refractivity contribution in [2.45, 2.75) is 46.0 Å². The Morgan fingerprint density at radius 3 is 2.70 bits per heavy atom. The average molecular weight is 371 g/mol. The Morgan fingerprint density at radius 1 is 1.22 bits per heavy atom. The minimum atomic E-state index is -0.482. The van der Waals surface area contributed by atoms with Crippen LogP contribution in [0.3, 0.4) is 0 Å². The van der Waals surface area contributed by atoms with Gasteiger partial charge < -0.3 is 14.6 Å². The summed E-state index contributed by atoms with van der Waals surface area (Å²) in [7, 11) is 0. The topological polar surface area (TPSA) is 85.2 Å². The summed E-state index contributed by atoms with van der Waals surface area (Å²) in [5.74, 6) is -0.954. The van der Waals surface area contributed by atoms with Gasteiger partial charge in [0.1, 0.15) is 5.78 Å². The quantitative estimate of drug-likeness (QED) is 0.800. The van der Waals surface area contributed by atoms with Crippen LogP contribution in [0.15, 0.2) is 34.5 Å². The summed E-state index contributed by atoms with van der Waals surface area (Å²) in [6, 6.07) is 4.98. The summed E-state index contributed by atoms with van der Waals surface area (Å²) in [6.07, 6.45) is 2.01. The molecule has 1 aliphatic carbocycles. The fourth-order valence-electron chi connectivity index (χ4n) is 3.95. The van der Waals surface area contributed by atoms with Crippen molar-refractivity contribution < 1.29 is 24.2 Å². The predicted molar refractivity (Wildman–Crippen MR) is 101 cm³/mol. The van der Waals surface area contributed by atoms with Gasteiger partial charge in [0.2, 0.25) is 0 Å². The average Bonchev–Trinajstić information content (AvgIpc) is 2.63. The van der Waals surface area contributed by atoms with Crippen molar-refractivity contribution in [1.82, 2.24) is 0 Å². The van der Waals surface area contributed by atoms with E-state index in [-0.39, 0.29) is 18.1 Å². The van der Waals surface area contributed by atoms with Crippen molar-refractivity contribution in [2.75, 3.05) is 13.2 Å². The number of benzene rings is 1. The van der Waals surface area contributed by atoms with Gasteiger partial charge in [0.15, 0.2) is 11.5 Å². The van der Waals surface area contributed by atoms with E-state index in [0.29, 0.717) is 30.0 Å². The first-order chi connectivity index (χ1) is 13.0. The second-order valence-electron chi connectivity index (χ2n) is 6.76. The molecular weight excluding hydrogens is 346 g/mol. The molecule has 1 aromatic carbocycles. The van der Waals surface area contributed by atoms with Crippen molar-refractivity contribution in [3.05, 3.63) is 35.0 Å². The molecule has 0 bridgehead atoms. The smallest absolute Gasteiger partial charge is 0.336 e. The van der Waals surface area contributed by atoms with E-state index in [1.54, 1.807) is 26.0 Å². The molecule has 0 amide bonds. The van der Waals surface area contributed by atoms with E-state index < -0.39 is 17.8 Å². The molecule has 0 aromatic heterocycles. The van der Waals surface area contributed by atoms with Gasteiger partial charge in [-0.05, 0) is 51.3 Å². The normalized spacial score (nSPS) is 22.2. The minimum absolute atomic E-state index is 0.0265. The zero-order chi connectivity index (χ0) is 19.6. The third kappa shape index (κ3) is 3.61. The van der Waals surface area contributed by atoms with Crippen LogP contribution in [-0.2, 0) is 14.3 Å². The highest BCUT2D eigenvalue weighted by Gasteiger charge is 2.43. The number of carbonyl (C=O) groups excluding carboxylic acids is 2. The number of aliphatic imine (C=N–C) groups is 1. The molecule has 6 heteroatoms. The summed E-state index contributed by atoms with van der Waals surface area (Å²) in [5.41, 5.74) is 2.57. The number of phenols is 1. The molecule has 1 N–H and O–H groups in total. The third-order valence-corrected chi connectivity index (χ3v) is 5.05. The van der Waals surface area contributed by atoms with Crippen LogP contribution < -0.4 is 4.74 Å². The maximum Gasteiger partial charge on any atom is 0.336 e. The first-order valence-electron chi connectivity index (χ1n) is 9.41. The molecule has 1 unspecified atom stereocenters. The molecule has 1 saturated carbocycles. The SMILES string of the molecule is CCOC(=O)C1=C(C)N=C2CCCC(=O)C2[C@H]1c1ccc(O)c(OCC)c1. The van der Waals surface area contributed by atoms with Gasteiger partial charge in [-0.25, -0.2) is 4.79 Å². The summed E-state index contributed by atoms with van der Waals surface area (Å²) >= 11 is 0. The molecule has 1 aliphatic heterocycles. The van der Waals surface area contributed by atoms with Crippen molar-refractivity contribution in [1.29, 1.82) is 0 Å². The van der Waals surface area contributed by atoms with Gasteiger partial charge in [-0.1, -0.05) is 6.07 Å². The summed E-state index contributed by atoms with van der Waals surface area (Å²) in [4.78, 5) is 30.1. The lowest BCUT2D eigenvalue weighted by Crippen LogP contribution is -2.39. The molecule has 1 fully saturated rings. The second kappa shape index (κ2) is 7.94. The number of phenolic OH excluding ortho intramolecular Hbond substituents is 1. The second-order valence-corrected chi connectivity index (χ2v) is 6.76. The lowest BCUT2D eigenvalue weighted by Gasteiger charge is -2.35. The molecule has 2 aliphatic rings. The third-order valence-electron chi connectivity index (χ3n) is 5.05. The molecule has 144 valence electrons. The highest BCUT2D eigenvalue weighted by atomic mass is 16.5. The van der Waals surface area contributed by atoms with Gasteiger partial charge in [-0.2, -0.15) is 0 Å². The Bertz CT molecular complexity index is 824.